The lowest BCUT2D eigenvalue weighted by Crippen LogP contribution is -2.21. The van der Waals surface area contributed by atoms with E-state index in [1.54, 1.807) is 0 Å². The molecule has 1 fully saturated rings. The zero-order chi connectivity index (χ0) is 11.6. The summed E-state index contributed by atoms with van der Waals surface area (Å²) in [4.78, 5) is 8.78. The van der Waals surface area contributed by atoms with Crippen LogP contribution in [0.3, 0.4) is 0 Å². The zero-order valence-electron chi connectivity index (χ0n) is 9.77. The molecule has 1 aromatic carbocycles. The van der Waals surface area contributed by atoms with Gasteiger partial charge in [0.15, 0.2) is 0 Å². The number of nitrogens with zero attached hydrogens (tertiary/aromatic N) is 2. The first kappa shape index (κ1) is 11.0. The van der Waals surface area contributed by atoms with Crippen LogP contribution in [0.2, 0.25) is 0 Å². The van der Waals surface area contributed by atoms with Crippen LogP contribution in [0.25, 0.3) is 10.9 Å². The molecular formula is C13H17N3. The molecule has 1 saturated carbocycles. The lowest BCUT2D eigenvalue weighted by Gasteiger charge is -2.06. The number of benzene rings is 1. The van der Waals surface area contributed by atoms with Crippen LogP contribution < -0.4 is 5.73 Å². The first-order valence-electron chi connectivity index (χ1n) is 5.79. The van der Waals surface area contributed by atoms with Crippen LogP contribution in [-0.2, 0) is 5.54 Å². The third-order valence-electron chi connectivity index (χ3n) is 2.72. The number of rotatable bonds is 1. The van der Waals surface area contributed by atoms with Crippen molar-refractivity contribution in [1.29, 1.82) is 0 Å². The Hall–Kier alpha value is -1.48. The minimum Gasteiger partial charge on any atom is -0.319 e. The first-order chi connectivity index (χ1) is 7.78. The van der Waals surface area contributed by atoms with Gasteiger partial charge in [0, 0.05) is 11.6 Å². The van der Waals surface area contributed by atoms with Crippen molar-refractivity contribution in [2.75, 3.05) is 0 Å². The predicted molar refractivity (Wildman–Crippen MR) is 66.0 cm³/mol. The first-order valence-corrected chi connectivity index (χ1v) is 5.79. The summed E-state index contributed by atoms with van der Waals surface area (Å²) < 4.78 is 0. The molecule has 3 rings (SSSR count). The van der Waals surface area contributed by atoms with Crippen molar-refractivity contribution in [3.63, 3.8) is 0 Å². The fraction of sp³-hybridized carbons (Fsp3) is 0.385. The highest BCUT2D eigenvalue weighted by molar-refractivity contribution is 5.77. The predicted octanol–water partition coefficient (Wildman–Crippen LogP) is 2.60. The number of fused-ring (bicyclic) bond motifs is 1. The molecule has 0 spiro atoms. The Kier molecular flexibility index (Phi) is 2.88. The van der Waals surface area contributed by atoms with E-state index in [9.17, 15) is 0 Å². The van der Waals surface area contributed by atoms with Crippen molar-refractivity contribution in [3.8, 4) is 0 Å². The second-order valence-electron chi connectivity index (χ2n) is 3.91. The molecule has 0 atom stereocenters. The summed E-state index contributed by atoms with van der Waals surface area (Å²) in [6.45, 7) is 4.00. The van der Waals surface area contributed by atoms with Crippen LogP contribution in [-0.4, -0.2) is 9.97 Å². The molecule has 0 radical (unpaired) electrons. The highest BCUT2D eigenvalue weighted by atomic mass is 15.0. The van der Waals surface area contributed by atoms with Crippen LogP contribution in [0.4, 0.5) is 0 Å². The lowest BCUT2D eigenvalue weighted by molar-refractivity contribution is 0.677. The Morgan fingerprint density at radius 1 is 1.19 bits per heavy atom. The Labute approximate surface area is 95.7 Å². The van der Waals surface area contributed by atoms with Gasteiger partial charge in [-0.1, -0.05) is 32.0 Å². The number of para-hydroxylation sites is 1. The minimum atomic E-state index is -0.232. The summed E-state index contributed by atoms with van der Waals surface area (Å²) in [6.07, 6.45) is 3.86. The fourth-order valence-electron chi connectivity index (χ4n) is 1.57. The maximum atomic E-state index is 6.03. The van der Waals surface area contributed by atoms with E-state index in [0.29, 0.717) is 0 Å². The van der Waals surface area contributed by atoms with Crippen LogP contribution in [0.5, 0.6) is 0 Å². The van der Waals surface area contributed by atoms with E-state index in [2.05, 4.69) is 9.97 Å². The van der Waals surface area contributed by atoms with Gasteiger partial charge in [-0.2, -0.15) is 0 Å². The van der Waals surface area contributed by atoms with Gasteiger partial charge in [0.1, 0.15) is 5.82 Å². The van der Waals surface area contributed by atoms with Gasteiger partial charge in [0.2, 0.25) is 0 Å². The Bertz CT molecular complexity index is 489. The van der Waals surface area contributed by atoms with E-state index in [1.165, 1.54) is 0 Å². The largest absolute Gasteiger partial charge is 0.319 e. The second-order valence-corrected chi connectivity index (χ2v) is 3.91. The van der Waals surface area contributed by atoms with Gasteiger partial charge in [-0.25, -0.2) is 9.97 Å². The number of hydrogen-bond acceptors (Lipinski definition) is 3. The van der Waals surface area contributed by atoms with Gasteiger partial charge < -0.3 is 5.73 Å². The standard InChI is InChI=1S/C11H11N3.C2H6/c12-11(5-6-11)10-13-7-8-3-1-2-4-9(8)14-10;1-2/h1-4,7H,5-6,12H2;1-2H3. The highest BCUT2D eigenvalue weighted by Gasteiger charge is 2.42. The molecule has 1 aliphatic rings. The van der Waals surface area contributed by atoms with Crippen molar-refractivity contribution < 1.29 is 0 Å². The SMILES string of the molecule is CC.NC1(c2ncc3ccccc3n2)CC1. The van der Waals surface area contributed by atoms with Gasteiger partial charge in [-0.15, -0.1) is 0 Å². The Balaban J connectivity index is 0.000000457. The quantitative estimate of drug-likeness (QED) is 0.795. The zero-order valence-corrected chi connectivity index (χ0v) is 9.77. The molecule has 16 heavy (non-hydrogen) atoms. The molecule has 1 aliphatic carbocycles. The summed E-state index contributed by atoms with van der Waals surface area (Å²) in [5.41, 5.74) is 6.78. The third kappa shape index (κ3) is 1.91. The summed E-state index contributed by atoms with van der Waals surface area (Å²) >= 11 is 0. The average molecular weight is 215 g/mol. The molecule has 2 aromatic rings. The van der Waals surface area contributed by atoms with Gasteiger partial charge in [-0.3, -0.25) is 0 Å². The topological polar surface area (TPSA) is 51.8 Å². The summed E-state index contributed by atoms with van der Waals surface area (Å²) in [5.74, 6) is 0.788. The molecule has 3 heteroatoms. The fourth-order valence-corrected chi connectivity index (χ4v) is 1.57. The maximum absolute atomic E-state index is 6.03. The van der Waals surface area contributed by atoms with E-state index in [-0.39, 0.29) is 5.54 Å². The van der Waals surface area contributed by atoms with E-state index in [1.807, 2.05) is 44.3 Å². The van der Waals surface area contributed by atoms with Gasteiger partial charge in [-0.05, 0) is 18.9 Å². The van der Waals surface area contributed by atoms with Gasteiger partial charge in [0.05, 0.1) is 11.1 Å². The Morgan fingerprint density at radius 2 is 1.88 bits per heavy atom. The van der Waals surface area contributed by atoms with Crippen LogP contribution >= 0.6 is 0 Å². The number of aromatic nitrogens is 2. The van der Waals surface area contributed by atoms with E-state index >= 15 is 0 Å². The molecule has 1 heterocycles. The van der Waals surface area contributed by atoms with Crippen LogP contribution in [0.1, 0.15) is 32.5 Å². The molecule has 0 aliphatic heterocycles. The van der Waals surface area contributed by atoms with Gasteiger partial charge >= 0.3 is 0 Å². The van der Waals surface area contributed by atoms with Gasteiger partial charge in [0.25, 0.3) is 0 Å². The van der Waals surface area contributed by atoms with Crippen molar-refractivity contribution in [1.82, 2.24) is 9.97 Å². The average Bonchev–Trinajstić information content (AvgIpc) is 3.11. The van der Waals surface area contributed by atoms with Crippen molar-refractivity contribution in [3.05, 3.63) is 36.3 Å². The van der Waals surface area contributed by atoms with Crippen molar-refractivity contribution >= 4 is 10.9 Å². The molecule has 84 valence electrons. The lowest BCUT2D eigenvalue weighted by atomic mass is 10.2. The summed E-state index contributed by atoms with van der Waals surface area (Å²) in [7, 11) is 0. The molecule has 3 nitrogen and oxygen atoms in total. The normalized spacial score (nSPS) is 16.4. The van der Waals surface area contributed by atoms with Crippen molar-refractivity contribution in [2.24, 2.45) is 5.73 Å². The molecular weight excluding hydrogens is 198 g/mol. The summed E-state index contributed by atoms with van der Waals surface area (Å²) in [5, 5.41) is 1.07. The molecule has 0 unspecified atom stereocenters. The van der Waals surface area contributed by atoms with Crippen LogP contribution in [0.15, 0.2) is 30.5 Å². The molecule has 1 aromatic heterocycles. The maximum Gasteiger partial charge on any atom is 0.148 e. The third-order valence-corrected chi connectivity index (χ3v) is 2.72. The van der Waals surface area contributed by atoms with Crippen LogP contribution in [0, 0.1) is 0 Å². The smallest absolute Gasteiger partial charge is 0.148 e. The highest BCUT2D eigenvalue weighted by Crippen LogP contribution is 2.40. The molecule has 0 saturated heterocycles. The Morgan fingerprint density at radius 3 is 2.56 bits per heavy atom. The molecule has 0 bridgehead atoms. The minimum absolute atomic E-state index is 0.232. The van der Waals surface area contributed by atoms with E-state index < -0.39 is 0 Å². The van der Waals surface area contributed by atoms with E-state index in [4.69, 9.17) is 5.73 Å². The van der Waals surface area contributed by atoms with Crippen molar-refractivity contribution in [2.45, 2.75) is 32.2 Å². The number of nitrogens with two attached hydrogens (primary N) is 1. The monoisotopic (exact) mass is 215 g/mol. The summed E-state index contributed by atoms with van der Waals surface area (Å²) in [6, 6.07) is 7.97. The molecule has 0 amide bonds. The number of hydrogen-bond donors (Lipinski definition) is 1. The molecule has 2 N–H and O–H groups in total. The second kappa shape index (κ2) is 4.18. The van der Waals surface area contributed by atoms with E-state index in [0.717, 1.165) is 29.6 Å².